The summed E-state index contributed by atoms with van der Waals surface area (Å²) in [5.74, 6) is 0. The van der Waals surface area contributed by atoms with Crippen LogP contribution < -0.4 is 10.6 Å². The van der Waals surface area contributed by atoms with E-state index in [9.17, 15) is 4.79 Å². The normalized spacial score (nSPS) is 11.2. The second-order valence-electron chi connectivity index (χ2n) is 6.67. The number of nitrogens with zero attached hydrogens (tertiary/aromatic N) is 2. The van der Waals surface area contributed by atoms with Crippen LogP contribution in [0.25, 0.3) is 11.4 Å². The number of rotatable bonds is 8. The van der Waals surface area contributed by atoms with Crippen LogP contribution in [0, 0.1) is 0 Å². The SMILES string of the molecule is CC(C)(C)OC(=O)NCCCCCNc1nc(-c2ccccn2)cs1. The van der Waals surface area contributed by atoms with E-state index in [0.717, 1.165) is 42.3 Å². The summed E-state index contributed by atoms with van der Waals surface area (Å²) in [7, 11) is 0. The average Bonchev–Trinajstić information content (AvgIpc) is 3.02. The molecule has 2 aromatic heterocycles. The molecule has 2 N–H and O–H groups in total. The molecule has 2 rings (SSSR count). The van der Waals surface area contributed by atoms with E-state index < -0.39 is 5.60 Å². The lowest BCUT2D eigenvalue weighted by molar-refractivity contribution is 0.0527. The van der Waals surface area contributed by atoms with E-state index in [1.54, 1.807) is 17.5 Å². The highest BCUT2D eigenvalue weighted by molar-refractivity contribution is 7.14. The van der Waals surface area contributed by atoms with Gasteiger partial charge in [-0.05, 0) is 52.2 Å². The van der Waals surface area contributed by atoms with Gasteiger partial charge in [-0.25, -0.2) is 9.78 Å². The average molecular weight is 362 g/mol. The van der Waals surface area contributed by atoms with Crippen molar-refractivity contribution in [2.24, 2.45) is 0 Å². The maximum atomic E-state index is 11.5. The highest BCUT2D eigenvalue weighted by Crippen LogP contribution is 2.22. The lowest BCUT2D eigenvalue weighted by Gasteiger charge is -2.19. The fraction of sp³-hybridized carbons (Fsp3) is 0.500. The number of unbranched alkanes of at least 4 members (excludes halogenated alkanes) is 2. The number of alkyl carbamates (subject to hydrolysis) is 1. The van der Waals surface area contributed by atoms with Crippen LogP contribution in [0.1, 0.15) is 40.0 Å². The van der Waals surface area contributed by atoms with Gasteiger partial charge in [0, 0.05) is 24.7 Å². The molecule has 0 aliphatic carbocycles. The van der Waals surface area contributed by atoms with Gasteiger partial charge < -0.3 is 15.4 Å². The van der Waals surface area contributed by atoms with Crippen LogP contribution >= 0.6 is 11.3 Å². The van der Waals surface area contributed by atoms with Crippen LogP contribution in [0.15, 0.2) is 29.8 Å². The quantitative estimate of drug-likeness (QED) is 0.684. The highest BCUT2D eigenvalue weighted by atomic mass is 32.1. The van der Waals surface area contributed by atoms with Crippen LogP contribution in [0.5, 0.6) is 0 Å². The first-order valence-corrected chi connectivity index (χ1v) is 9.40. The molecule has 136 valence electrons. The van der Waals surface area contributed by atoms with Crippen molar-refractivity contribution in [2.75, 3.05) is 18.4 Å². The first-order chi connectivity index (χ1) is 11.9. The lowest BCUT2D eigenvalue weighted by Crippen LogP contribution is -2.33. The zero-order valence-corrected chi connectivity index (χ0v) is 15.9. The Morgan fingerprint density at radius 1 is 1.16 bits per heavy atom. The lowest BCUT2D eigenvalue weighted by atomic mass is 10.2. The molecule has 2 heterocycles. The Morgan fingerprint density at radius 2 is 1.96 bits per heavy atom. The van der Waals surface area contributed by atoms with Gasteiger partial charge in [0.15, 0.2) is 5.13 Å². The van der Waals surface area contributed by atoms with Crippen molar-refractivity contribution in [3.63, 3.8) is 0 Å². The van der Waals surface area contributed by atoms with Crippen molar-refractivity contribution >= 4 is 22.6 Å². The van der Waals surface area contributed by atoms with E-state index in [4.69, 9.17) is 4.74 Å². The number of carbonyl (C=O) groups is 1. The number of pyridine rings is 1. The number of thiazole rings is 1. The van der Waals surface area contributed by atoms with E-state index in [-0.39, 0.29) is 6.09 Å². The van der Waals surface area contributed by atoms with Gasteiger partial charge in [0.2, 0.25) is 0 Å². The Labute approximate surface area is 153 Å². The molecule has 0 bridgehead atoms. The standard InChI is InChI=1S/C18H26N4O2S/c1-18(2,3)24-17(23)21-12-7-4-6-11-20-16-22-15(13-25-16)14-9-5-8-10-19-14/h5,8-10,13H,4,6-7,11-12H2,1-3H3,(H,20,22)(H,21,23). The predicted molar refractivity (Wildman–Crippen MR) is 102 cm³/mol. The molecule has 0 saturated carbocycles. The molecule has 0 atom stereocenters. The van der Waals surface area contributed by atoms with E-state index in [0.29, 0.717) is 6.54 Å². The molecular weight excluding hydrogens is 336 g/mol. The van der Waals surface area contributed by atoms with Crippen molar-refractivity contribution in [1.29, 1.82) is 0 Å². The number of amides is 1. The van der Waals surface area contributed by atoms with Crippen LogP contribution in [0.2, 0.25) is 0 Å². The van der Waals surface area contributed by atoms with E-state index in [1.807, 2.05) is 44.4 Å². The molecule has 2 aromatic rings. The van der Waals surface area contributed by atoms with Gasteiger partial charge in [-0.2, -0.15) is 0 Å². The maximum absolute atomic E-state index is 11.5. The fourth-order valence-electron chi connectivity index (χ4n) is 2.11. The van der Waals surface area contributed by atoms with Gasteiger partial charge in [0.1, 0.15) is 11.3 Å². The molecule has 0 spiro atoms. The number of aromatic nitrogens is 2. The van der Waals surface area contributed by atoms with Crippen molar-refractivity contribution < 1.29 is 9.53 Å². The Bertz CT molecular complexity index is 653. The van der Waals surface area contributed by atoms with Crippen molar-refractivity contribution in [1.82, 2.24) is 15.3 Å². The number of hydrogen-bond acceptors (Lipinski definition) is 6. The number of hydrogen-bond donors (Lipinski definition) is 2. The van der Waals surface area contributed by atoms with Crippen LogP contribution in [0.4, 0.5) is 9.93 Å². The molecule has 25 heavy (non-hydrogen) atoms. The zero-order chi connectivity index (χ0) is 18.1. The molecule has 0 aliphatic heterocycles. The first-order valence-electron chi connectivity index (χ1n) is 8.52. The van der Waals surface area contributed by atoms with Crippen molar-refractivity contribution in [3.05, 3.63) is 29.8 Å². The molecule has 0 fully saturated rings. The minimum atomic E-state index is -0.449. The van der Waals surface area contributed by atoms with Gasteiger partial charge in [-0.3, -0.25) is 4.98 Å². The monoisotopic (exact) mass is 362 g/mol. The fourth-order valence-corrected chi connectivity index (χ4v) is 2.85. The van der Waals surface area contributed by atoms with Gasteiger partial charge >= 0.3 is 6.09 Å². The summed E-state index contributed by atoms with van der Waals surface area (Å²) in [4.78, 5) is 20.3. The molecule has 0 saturated heterocycles. The number of anilines is 1. The van der Waals surface area contributed by atoms with Gasteiger partial charge in [-0.1, -0.05) is 6.07 Å². The number of nitrogens with one attached hydrogen (secondary N) is 2. The third-order valence-electron chi connectivity index (χ3n) is 3.23. The summed E-state index contributed by atoms with van der Waals surface area (Å²) < 4.78 is 5.19. The highest BCUT2D eigenvalue weighted by Gasteiger charge is 2.15. The Balaban J connectivity index is 1.57. The second kappa shape index (κ2) is 9.36. The Morgan fingerprint density at radius 3 is 2.68 bits per heavy atom. The van der Waals surface area contributed by atoms with E-state index in [2.05, 4.69) is 20.6 Å². The van der Waals surface area contributed by atoms with Crippen LogP contribution in [0.3, 0.4) is 0 Å². The number of ether oxygens (including phenoxy) is 1. The largest absolute Gasteiger partial charge is 0.444 e. The molecule has 0 unspecified atom stereocenters. The summed E-state index contributed by atoms with van der Waals surface area (Å²) in [6, 6.07) is 5.81. The van der Waals surface area contributed by atoms with Crippen molar-refractivity contribution in [3.8, 4) is 11.4 Å². The first kappa shape index (κ1) is 19.2. The zero-order valence-electron chi connectivity index (χ0n) is 15.0. The summed E-state index contributed by atoms with van der Waals surface area (Å²) in [5, 5.41) is 9.02. The smallest absolute Gasteiger partial charge is 0.407 e. The summed E-state index contributed by atoms with van der Waals surface area (Å²) in [5.41, 5.74) is 1.34. The second-order valence-corrected chi connectivity index (χ2v) is 7.53. The third-order valence-corrected chi connectivity index (χ3v) is 4.03. The Kier molecular flexibility index (Phi) is 7.18. The Hall–Kier alpha value is -2.15. The van der Waals surface area contributed by atoms with Crippen molar-refractivity contribution in [2.45, 2.75) is 45.6 Å². The molecule has 0 aliphatic rings. The van der Waals surface area contributed by atoms with Crippen LogP contribution in [-0.4, -0.2) is 34.8 Å². The van der Waals surface area contributed by atoms with Crippen LogP contribution in [-0.2, 0) is 4.74 Å². The third kappa shape index (κ3) is 7.51. The minimum Gasteiger partial charge on any atom is -0.444 e. The van der Waals surface area contributed by atoms with Gasteiger partial charge in [0.25, 0.3) is 0 Å². The van der Waals surface area contributed by atoms with E-state index >= 15 is 0 Å². The van der Waals surface area contributed by atoms with E-state index in [1.165, 1.54) is 0 Å². The minimum absolute atomic E-state index is 0.351. The molecule has 1 amide bonds. The topological polar surface area (TPSA) is 76.1 Å². The van der Waals surface area contributed by atoms with Gasteiger partial charge in [0.05, 0.1) is 5.69 Å². The molecule has 0 aromatic carbocycles. The predicted octanol–water partition coefficient (Wildman–Crippen LogP) is 4.31. The molecule has 6 nitrogen and oxygen atoms in total. The molecule has 7 heteroatoms. The summed E-state index contributed by atoms with van der Waals surface area (Å²) in [6.45, 7) is 7.07. The summed E-state index contributed by atoms with van der Waals surface area (Å²) in [6.07, 6.45) is 4.40. The summed E-state index contributed by atoms with van der Waals surface area (Å²) >= 11 is 1.59. The van der Waals surface area contributed by atoms with Gasteiger partial charge in [-0.15, -0.1) is 11.3 Å². The number of carbonyl (C=O) groups excluding carboxylic acids is 1. The maximum Gasteiger partial charge on any atom is 0.407 e. The molecular formula is C18H26N4O2S. The molecule has 0 radical (unpaired) electrons.